The zero-order valence-electron chi connectivity index (χ0n) is 15.9. The summed E-state index contributed by atoms with van der Waals surface area (Å²) in [4.78, 5) is 25.7. The fourth-order valence-corrected chi connectivity index (χ4v) is 3.28. The molecule has 0 bridgehead atoms. The molecule has 0 atom stereocenters. The quantitative estimate of drug-likeness (QED) is 0.623. The second-order valence-electron chi connectivity index (χ2n) is 6.36. The van der Waals surface area contributed by atoms with Crippen molar-refractivity contribution in [3.8, 4) is 17.2 Å². The van der Waals surface area contributed by atoms with Gasteiger partial charge in [0.25, 0.3) is 0 Å². The number of primary amides is 1. The smallest absolute Gasteiger partial charge is 0.243 e. The molecular weight excluding hydrogens is 442 g/mol. The number of fused-ring (bicyclic) bond motifs is 1. The summed E-state index contributed by atoms with van der Waals surface area (Å²) < 4.78 is 16.9. The van der Waals surface area contributed by atoms with Crippen molar-refractivity contribution in [2.45, 2.75) is 6.42 Å². The molecule has 0 saturated carbocycles. The van der Waals surface area contributed by atoms with Gasteiger partial charge in [0.1, 0.15) is 19.0 Å². The van der Waals surface area contributed by atoms with Gasteiger partial charge in [-0.3, -0.25) is 9.59 Å². The number of hydrogen-bond donors (Lipinski definition) is 2. The van der Waals surface area contributed by atoms with E-state index in [1.807, 2.05) is 12.1 Å². The Bertz CT molecular complexity index is 888. The van der Waals surface area contributed by atoms with E-state index in [-0.39, 0.29) is 18.9 Å². The topological polar surface area (TPSA) is 103 Å². The van der Waals surface area contributed by atoms with Gasteiger partial charge in [-0.1, -0.05) is 0 Å². The van der Waals surface area contributed by atoms with E-state index in [0.29, 0.717) is 47.2 Å². The summed E-state index contributed by atoms with van der Waals surface area (Å²) in [5.41, 5.74) is 6.64. The highest BCUT2D eigenvalue weighted by molar-refractivity contribution is 9.10. The number of hydrogen-bond acceptors (Lipinski definition) is 6. The first kappa shape index (κ1) is 20.8. The molecule has 0 radical (unpaired) electrons. The molecule has 0 fully saturated rings. The fraction of sp³-hybridized carbons (Fsp3) is 0.300. The third kappa shape index (κ3) is 5.54. The molecule has 2 aromatic rings. The molecule has 8 nitrogen and oxygen atoms in total. The number of rotatable bonds is 8. The first-order valence-corrected chi connectivity index (χ1v) is 9.82. The highest BCUT2D eigenvalue weighted by Crippen LogP contribution is 2.38. The van der Waals surface area contributed by atoms with Gasteiger partial charge in [0.15, 0.2) is 11.5 Å². The monoisotopic (exact) mass is 463 g/mol. The van der Waals surface area contributed by atoms with Crippen LogP contribution in [0.5, 0.6) is 17.2 Å². The van der Waals surface area contributed by atoms with Gasteiger partial charge in [0, 0.05) is 35.3 Å². The number of halogens is 1. The average Bonchev–Trinajstić information content (AvgIpc) is 2.71. The molecule has 3 N–H and O–H groups in total. The number of carbonyl (C=O) groups excluding carboxylic acids is 2. The van der Waals surface area contributed by atoms with Crippen LogP contribution in [0.2, 0.25) is 0 Å². The van der Waals surface area contributed by atoms with E-state index in [0.717, 1.165) is 5.69 Å². The molecule has 1 heterocycles. The van der Waals surface area contributed by atoms with Crippen LogP contribution in [-0.4, -0.2) is 45.2 Å². The molecule has 154 valence electrons. The van der Waals surface area contributed by atoms with E-state index < -0.39 is 5.91 Å². The van der Waals surface area contributed by atoms with Crippen LogP contribution in [0.1, 0.15) is 6.42 Å². The summed E-state index contributed by atoms with van der Waals surface area (Å²) in [6.45, 7) is 1.31. The Balaban J connectivity index is 1.72. The molecule has 3 rings (SSSR count). The molecule has 2 aromatic carbocycles. The Morgan fingerprint density at radius 3 is 2.45 bits per heavy atom. The fourth-order valence-electron chi connectivity index (χ4n) is 2.86. The number of nitrogens with zero attached hydrogens (tertiary/aromatic N) is 1. The molecule has 1 aliphatic rings. The van der Waals surface area contributed by atoms with E-state index in [2.05, 4.69) is 21.2 Å². The number of amides is 2. The molecule has 0 unspecified atom stereocenters. The van der Waals surface area contributed by atoms with Gasteiger partial charge in [-0.2, -0.15) is 0 Å². The van der Waals surface area contributed by atoms with Crippen molar-refractivity contribution in [2.24, 2.45) is 5.73 Å². The van der Waals surface area contributed by atoms with Crippen LogP contribution < -0.4 is 30.2 Å². The van der Waals surface area contributed by atoms with Crippen molar-refractivity contribution in [1.82, 2.24) is 0 Å². The minimum absolute atomic E-state index is 0.0422. The van der Waals surface area contributed by atoms with Crippen molar-refractivity contribution >= 4 is 39.1 Å². The summed E-state index contributed by atoms with van der Waals surface area (Å²) >= 11 is 3.44. The van der Waals surface area contributed by atoms with Gasteiger partial charge in [-0.25, -0.2) is 0 Å². The van der Waals surface area contributed by atoms with Gasteiger partial charge >= 0.3 is 0 Å². The van der Waals surface area contributed by atoms with Crippen molar-refractivity contribution in [2.75, 3.05) is 43.6 Å². The maximum Gasteiger partial charge on any atom is 0.243 e. The normalized spacial score (nSPS) is 12.2. The van der Waals surface area contributed by atoms with Crippen LogP contribution in [0.3, 0.4) is 0 Å². The zero-order valence-corrected chi connectivity index (χ0v) is 17.5. The molecule has 0 saturated heterocycles. The Kier molecular flexibility index (Phi) is 6.82. The third-order valence-corrected chi connectivity index (χ3v) is 4.96. The molecule has 0 spiro atoms. The lowest BCUT2D eigenvalue weighted by atomic mass is 10.2. The maximum atomic E-state index is 12.7. The summed E-state index contributed by atoms with van der Waals surface area (Å²) in [6, 6.07) is 10.7. The van der Waals surface area contributed by atoms with E-state index in [9.17, 15) is 9.59 Å². The largest absolute Gasteiger partial charge is 0.497 e. The summed E-state index contributed by atoms with van der Waals surface area (Å²) in [5, 5.41) is 2.87. The van der Waals surface area contributed by atoms with Crippen LogP contribution in [0, 0.1) is 0 Å². The number of nitrogens with two attached hydrogens (primary N) is 1. The predicted octanol–water partition coefficient (Wildman–Crippen LogP) is 2.55. The van der Waals surface area contributed by atoms with Gasteiger partial charge in [0.05, 0.1) is 19.3 Å². The second-order valence-corrected chi connectivity index (χ2v) is 7.21. The number of carbonyl (C=O) groups is 2. The van der Waals surface area contributed by atoms with Crippen LogP contribution in [0.25, 0.3) is 0 Å². The standard InChI is InChI=1S/C20H22BrN3O5/c1-27-14-4-2-13(3-5-14)24(7-6-19(22)25)12-20(26)23-16-11-18-17(10-15(16)21)28-8-9-29-18/h2-5,10-11H,6-9,12H2,1H3,(H2,22,25)(H,23,26). The van der Waals surface area contributed by atoms with Crippen molar-refractivity contribution in [3.63, 3.8) is 0 Å². The average molecular weight is 464 g/mol. The molecule has 9 heteroatoms. The molecule has 2 amide bonds. The van der Waals surface area contributed by atoms with Crippen molar-refractivity contribution in [3.05, 3.63) is 40.9 Å². The summed E-state index contributed by atoms with van der Waals surface area (Å²) in [5.74, 6) is 1.23. The molecule has 0 aliphatic carbocycles. The van der Waals surface area contributed by atoms with Crippen LogP contribution >= 0.6 is 15.9 Å². The van der Waals surface area contributed by atoms with Gasteiger partial charge < -0.3 is 30.2 Å². The number of ether oxygens (including phenoxy) is 3. The number of anilines is 2. The first-order chi connectivity index (χ1) is 14.0. The lowest BCUT2D eigenvalue weighted by Gasteiger charge is -2.24. The van der Waals surface area contributed by atoms with Gasteiger partial charge in [0.2, 0.25) is 11.8 Å². The number of nitrogens with one attached hydrogen (secondary N) is 1. The Morgan fingerprint density at radius 2 is 1.83 bits per heavy atom. The molecule has 0 aromatic heterocycles. The lowest BCUT2D eigenvalue weighted by molar-refractivity contribution is -0.118. The van der Waals surface area contributed by atoms with E-state index >= 15 is 0 Å². The first-order valence-electron chi connectivity index (χ1n) is 9.02. The molecular formula is C20H22BrN3O5. The minimum atomic E-state index is -0.432. The Morgan fingerprint density at radius 1 is 1.17 bits per heavy atom. The Hall–Kier alpha value is -2.94. The minimum Gasteiger partial charge on any atom is -0.497 e. The third-order valence-electron chi connectivity index (χ3n) is 4.31. The van der Waals surface area contributed by atoms with E-state index in [4.69, 9.17) is 19.9 Å². The van der Waals surface area contributed by atoms with Crippen LogP contribution in [0.4, 0.5) is 11.4 Å². The van der Waals surface area contributed by atoms with Crippen molar-refractivity contribution < 1.29 is 23.8 Å². The number of benzene rings is 2. The predicted molar refractivity (Wildman–Crippen MR) is 113 cm³/mol. The summed E-state index contributed by atoms with van der Waals surface area (Å²) in [6.07, 6.45) is 0.132. The van der Waals surface area contributed by atoms with Gasteiger partial charge in [-0.15, -0.1) is 0 Å². The van der Waals surface area contributed by atoms with E-state index in [1.165, 1.54) is 0 Å². The zero-order chi connectivity index (χ0) is 20.8. The molecule has 29 heavy (non-hydrogen) atoms. The SMILES string of the molecule is COc1ccc(N(CCC(N)=O)CC(=O)Nc2cc3c(cc2Br)OCCO3)cc1. The lowest BCUT2D eigenvalue weighted by Crippen LogP contribution is -2.35. The highest BCUT2D eigenvalue weighted by Gasteiger charge is 2.18. The highest BCUT2D eigenvalue weighted by atomic mass is 79.9. The summed E-state index contributed by atoms with van der Waals surface area (Å²) in [7, 11) is 1.58. The number of methoxy groups -OCH3 is 1. The van der Waals surface area contributed by atoms with Gasteiger partial charge in [-0.05, 0) is 40.2 Å². The second kappa shape index (κ2) is 9.51. The maximum absolute atomic E-state index is 12.7. The van der Waals surface area contributed by atoms with Crippen LogP contribution in [-0.2, 0) is 9.59 Å². The van der Waals surface area contributed by atoms with Crippen LogP contribution in [0.15, 0.2) is 40.9 Å². The molecule has 1 aliphatic heterocycles. The Labute approximate surface area is 177 Å². The van der Waals surface area contributed by atoms with E-state index in [1.54, 1.807) is 36.3 Å². The van der Waals surface area contributed by atoms with Crippen molar-refractivity contribution in [1.29, 1.82) is 0 Å².